The van der Waals surface area contributed by atoms with Crippen LogP contribution in [0.15, 0.2) is 0 Å². The minimum atomic E-state index is -5.17. The van der Waals surface area contributed by atoms with Crippen molar-refractivity contribution in [3.05, 3.63) is 6.92 Å². The monoisotopic (exact) mass is 334 g/mol. The van der Waals surface area contributed by atoms with E-state index in [1.54, 1.807) is 0 Å². The van der Waals surface area contributed by atoms with Crippen molar-refractivity contribution in [1.29, 1.82) is 0 Å². The second-order valence-electron chi connectivity index (χ2n) is 4.09. The normalized spacial score (nSPS) is 9.20. The van der Waals surface area contributed by atoms with Gasteiger partial charge in [0.05, 0.1) is 0 Å². The Hall–Kier alpha value is 2.87. The molecule has 0 fully saturated rings. The summed E-state index contributed by atoms with van der Waals surface area (Å²) in [7, 11) is -5.17. The summed E-state index contributed by atoms with van der Waals surface area (Å²) in [6.45, 7) is 6.12. The first-order chi connectivity index (χ1) is 7.91. The third kappa shape index (κ3) is 58.5. The van der Waals surface area contributed by atoms with Gasteiger partial charge in [-0.05, 0) is 0 Å². The van der Waals surface area contributed by atoms with Gasteiger partial charge in [-0.1, -0.05) is 64.7 Å². The summed E-state index contributed by atoms with van der Waals surface area (Å²) in [6, 6.07) is 0. The first-order valence-corrected chi connectivity index (χ1v) is 7.71. The molecule has 0 saturated heterocycles. The molecular formula is C12H25Na3O4S. The van der Waals surface area contributed by atoms with Crippen molar-refractivity contribution in [3.8, 4) is 0 Å². The molecule has 20 heavy (non-hydrogen) atoms. The van der Waals surface area contributed by atoms with E-state index >= 15 is 0 Å². The molecule has 0 heterocycles. The largest absolute Gasteiger partial charge is 1.00 e. The van der Waals surface area contributed by atoms with Crippen molar-refractivity contribution in [2.45, 2.75) is 71.1 Å². The maximum atomic E-state index is 8.52. The van der Waals surface area contributed by atoms with Crippen LogP contribution in [0.3, 0.4) is 0 Å². The summed E-state index contributed by atoms with van der Waals surface area (Å²) in [4.78, 5) is 0. The predicted molar refractivity (Wildman–Crippen MR) is 67.7 cm³/mol. The molecule has 0 aliphatic heterocycles. The van der Waals surface area contributed by atoms with Gasteiger partial charge in [-0.3, -0.25) is 8.42 Å². The molecule has 0 radical (unpaired) electrons. The van der Waals surface area contributed by atoms with Gasteiger partial charge >= 0.3 is 88.7 Å². The minimum Gasteiger partial charge on any atom is -0.759 e. The molecule has 0 aliphatic carbocycles. The van der Waals surface area contributed by atoms with Crippen LogP contribution in [0.5, 0.6) is 0 Å². The molecule has 0 aromatic carbocycles. The van der Waals surface area contributed by atoms with Crippen LogP contribution < -0.4 is 88.7 Å². The van der Waals surface area contributed by atoms with Crippen LogP contribution in [-0.4, -0.2) is 17.5 Å². The van der Waals surface area contributed by atoms with Gasteiger partial charge in [0.15, 0.2) is 0 Å². The van der Waals surface area contributed by atoms with Crippen molar-refractivity contribution >= 4 is 10.4 Å². The van der Waals surface area contributed by atoms with Crippen molar-refractivity contribution < 1.29 is 106 Å². The van der Waals surface area contributed by atoms with Crippen LogP contribution in [0, 0.1) is 6.92 Å². The fourth-order valence-electron chi connectivity index (χ4n) is 1.49. The van der Waals surface area contributed by atoms with Gasteiger partial charge in [0.2, 0.25) is 0 Å². The van der Waals surface area contributed by atoms with Gasteiger partial charge in [0.1, 0.15) is 0 Å². The summed E-state index contributed by atoms with van der Waals surface area (Å²) in [5, 5.41) is 0. The molecule has 0 bridgehead atoms. The van der Waals surface area contributed by atoms with E-state index in [-0.39, 0.29) is 88.7 Å². The SMILES string of the molecule is O=S(=O)([O-])[O-].[CH2-]CCCCCCCCCCC.[Na+].[Na+].[Na+]. The van der Waals surface area contributed by atoms with Crippen LogP contribution in [0.2, 0.25) is 0 Å². The van der Waals surface area contributed by atoms with E-state index in [2.05, 4.69) is 13.8 Å². The zero-order chi connectivity index (χ0) is 13.6. The summed E-state index contributed by atoms with van der Waals surface area (Å²) >= 11 is 0. The molecular weight excluding hydrogens is 309 g/mol. The van der Waals surface area contributed by atoms with Gasteiger partial charge in [-0.15, -0.1) is 0 Å². The van der Waals surface area contributed by atoms with E-state index in [9.17, 15) is 0 Å². The number of rotatable bonds is 9. The zero-order valence-corrected chi connectivity index (χ0v) is 20.6. The first kappa shape index (κ1) is 34.3. The Morgan fingerprint density at radius 3 is 1.25 bits per heavy atom. The Morgan fingerprint density at radius 2 is 1.00 bits per heavy atom. The molecule has 0 aromatic rings. The average molecular weight is 334 g/mol. The minimum absolute atomic E-state index is 0. The fraction of sp³-hybridized carbons (Fsp3) is 0.917. The van der Waals surface area contributed by atoms with Crippen LogP contribution in [0.1, 0.15) is 71.1 Å². The van der Waals surface area contributed by atoms with Crippen molar-refractivity contribution in [1.82, 2.24) is 0 Å². The molecule has 0 atom stereocenters. The summed E-state index contributed by atoms with van der Waals surface area (Å²) in [6.07, 6.45) is 13.9. The molecule has 8 heteroatoms. The third-order valence-corrected chi connectivity index (χ3v) is 2.35. The summed E-state index contributed by atoms with van der Waals surface area (Å²) in [5.74, 6) is 0. The number of unbranched alkanes of at least 4 members (excludes halogenated alkanes) is 9. The molecule has 0 aromatic heterocycles. The molecule has 0 amide bonds. The predicted octanol–water partition coefficient (Wildman–Crippen LogP) is -5.58. The van der Waals surface area contributed by atoms with E-state index in [1.807, 2.05) is 0 Å². The van der Waals surface area contributed by atoms with E-state index in [0.29, 0.717) is 0 Å². The Balaban J connectivity index is -0.0000000821. The Kier molecular flexibility index (Phi) is 45.8. The Labute approximate surface area is 192 Å². The van der Waals surface area contributed by atoms with Crippen molar-refractivity contribution in [3.63, 3.8) is 0 Å². The topological polar surface area (TPSA) is 80.3 Å². The van der Waals surface area contributed by atoms with Crippen molar-refractivity contribution in [2.24, 2.45) is 0 Å². The first-order valence-electron chi connectivity index (χ1n) is 6.37. The zero-order valence-electron chi connectivity index (χ0n) is 13.8. The van der Waals surface area contributed by atoms with Crippen LogP contribution >= 0.6 is 0 Å². The second kappa shape index (κ2) is 26.8. The van der Waals surface area contributed by atoms with E-state index in [0.717, 1.165) is 6.42 Å². The molecule has 0 saturated carbocycles. The summed E-state index contributed by atoms with van der Waals surface area (Å²) in [5.41, 5.74) is 0. The Bertz CT molecular complexity index is 219. The molecule has 0 unspecified atom stereocenters. The Morgan fingerprint density at radius 1 is 0.750 bits per heavy atom. The van der Waals surface area contributed by atoms with Crippen LogP contribution in [0.4, 0.5) is 0 Å². The standard InChI is InChI=1S/C12H25.3Na.H2O4S/c1-3-5-7-9-11-12-10-8-6-4-2;;;;1-5(2,3)4/h1,3-12H2,2H3;;;;(H2,1,2,3,4)/q-1;3*+1;/p-2. The van der Waals surface area contributed by atoms with Gasteiger partial charge in [0, 0.05) is 10.4 Å². The molecule has 0 spiro atoms. The molecule has 0 aliphatic rings. The van der Waals surface area contributed by atoms with E-state index in [4.69, 9.17) is 17.5 Å². The number of hydrogen-bond donors (Lipinski definition) is 0. The maximum absolute atomic E-state index is 8.52. The summed E-state index contributed by atoms with van der Waals surface area (Å²) < 4.78 is 34.1. The fourth-order valence-corrected chi connectivity index (χ4v) is 1.49. The molecule has 0 N–H and O–H groups in total. The number of hydrogen-bond acceptors (Lipinski definition) is 4. The second-order valence-corrected chi connectivity index (χ2v) is 4.91. The smallest absolute Gasteiger partial charge is 0.759 e. The third-order valence-electron chi connectivity index (χ3n) is 2.35. The van der Waals surface area contributed by atoms with E-state index < -0.39 is 10.4 Å². The maximum Gasteiger partial charge on any atom is 1.00 e. The van der Waals surface area contributed by atoms with Gasteiger partial charge in [0.25, 0.3) is 0 Å². The average Bonchev–Trinajstić information content (AvgIpc) is 2.20. The molecule has 4 nitrogen and oxygen atoms in total. The molecule has 0 rings (SSSR count). The quantitative estimate of drug-likeness (QED) is 0.138. The van der Waals surface area contributed by atoms with Crippen LogP contribution in [-0.2, 0) is 10.4 Å². The van der Waals surface area contributed by atoms with E-state index in [1.165, 1.54) is 57.8 Å². The van der Waals surface area contributed by atoms with Crippen molar-refractivity contribution in [2.75, 3.05) is 0 Å². The van der Waals surface area contributed by atoms with Gasteiger partial charge in [-0.2, -0.15) is 6.42 Å². The van der Waals surface area contributed by atoms with Crippen LogP contribution in [0.25, 0.3) is 0 Å². The van der Waals surface area contributed by atoms with Gasteiger partial charge < -0.3 is 16.0 Å². The molecule has 106 valence electrons. The van der Waals surface area contributed by atoms with Gasteiger partial charge in [-0.25, -0.2) is 0 Å².